The predicted octanol–water partition coefficient (Wildman–Crippen LogP) is 5.18. The van der Waals surface area contributed by atoms with Crippen molar-refractivity contribution < 1.29 is 19.1 Å². The molecule has 2 amide bonds. The summed E-state index contributed by atoms with van der Waals surface area (Å²) in [4.78, 5) is 24.4. The van der Waals surface area contributed by atoms with Crippen molar-refractivity contribution in [3.05, 3.63) is 76.9 Å². The number of thiophene rings is 1. The van der Waals surface area contributed by atoms with E-state index in [1.165, 1.54) is 12.1 Å². The van der Waals surface area contributed by atoms with Gasteiger partial charge < -0.3 is 15.7 Å². The number of benzene rings is 2. The highest BCUT2D eigenvalue weighted by molar-refractivity contribution is 7.18. The van der Waals surface area contributed by atoms with Gasteiger partial charge in [0.1, 0.15) is 10.7 Å². The van der Waals surface area contributed by atoms with E-state index in [1.54, 1.807) is 18.2 Å². The van der Waals surface area contributed by atoms with Crippen molar-refractivity contribution in [2.75, 3.05) is 11.9 Å². The Bertz CT molecular complexity index is 971. The maximum atomic E-state index is 13.1. The molecule has 0 aliphatic carbocycles. The zero-order valence-electron chi connectivity index (χ0n) is 15.1. The van der Waals surface area contributed by atoms with Gasteiger partial charge in [-0.25, -0.2) is 14.0 Å². The van der Waals surface area contributed by atoms with Gasteiger partial charge in [-0.15, -0.1) is 11.3 Å². The smallest absolute Gasteiger partial charge is 0.348 e. The number of carboxylic acids is 1. The van der Waals surface area contributed by atoms with E-state index in [0.717, 1.165) is 16.9 Å². The molecule has 2 aromatic carbocycles. The molecule has 5 nitrogen and oxygen atoms in total. The summed E-state index contributed by atoms with van der Waals surface area (Å²) in [6, 6.07) is 16.6. The van der Waals surface area contributed by atoms with Crippen LogP contribution in [0.1, 0.15) is 28.1 Å². The first kappa shape index (κ1) is 19.6. The monoisotopic (exact) mass is 398 g/mol. The standard InChI is InChI=1S/C21H19FN2O3S/c1-13(14-5-3-2-4-6-14)12-23-21(27)24-17-11-18(28-19(17)20(25)26)15-7-9-16(22)10-8-15/h2-11,13H,12H2,1H3,(H,25,26)(H2,23,24,27). The lowest BCUT2D eigenvalue weighted by Crippen LogP contribution is -2.32. The zero-order chi connectivity index (χ0) is 20.1. The molecule has 0 radical (unpaired) electrons. The SMILES string of the molecule is CC(CNC(=O)Nc1cc(-c2ccc(F)cc2)sc1C(=O)O)c1ccccc1. The van der Waals surface area contributed by atoms with E-state index in [0.29, 0.717) is 17.0 Å². The van der Waals surface area contributed by atoms with Crippen LogP contribution in [0.4, 0.5) is 14.9 Å². The number of urea groups is 1. The van der Waals surface area contributed by atoms with Gasteiger partial charge in [-0.3, -0.25) is 0 Å². The molecule has 144 valence electrons. The molecule has 28 heavy (non-hydrogen) atoms. The fourth-order valence-electron chi connectivity index (χ4n) is 2.71. The molecule has 0 spiro atoms. The number of anilines is 1. The minimum atomic E-state index is -1.13. The number of hydrogen-bond donors (Lipinski definition) is 3. The molecule has 7 heteroatoms. The van der Waals surface area contributed by atoms with Crippen LogP contribution in [-0.4, -0.2) is 23.7 Å². The summed E-state index contributed by atoms with van der Waals surface area (Å²) in [5, 5.41) is 14.8. The van der Waals surface area contributed by atoms with Gasteiger partial charge in [0.15, 0.2) is 0 Å². The molecule has 1 aromatic heterocycles. The molecule has 3 rings (SSSR count). The Morgan fingerprint density at radius 3 is 2.43 bits per heavy atom. The predicted molar refractivity (Wildman–Crippen MR) is 109 cm³/mol. The summed E-state index contributed by atoms with van der Waals surface area (Å²) in [5.41, 5.74) is 1.99. The van der Waals surface area contributed by atoms with Gasteiger partial charge >= 0.3 is 12.0 Å². The Labute approximate surface area is 165 Å². The van der Waals surface area contributed by atoms with Crippen LogP contribution in [0.3, 0.4) is 0 Å². The molecule has 0 bridgehead atoms. The van der Waals surface area contributed by atoms with Crippen LogP contribution in [-0.2, 0) is 0 Å². The number of carbonyl (C=O) groups excluding carboxylic acids is 1. The lowest BCUT2D eigenvalue weighted by molar-refractivity contribution is 0.0703. The molecule has 1 heterocycles. The van der Waals surface area contributed by atoms with Crippen LogP contribution in [0, 0.1) is 5.82 Å². The van der Waals surface area contributed by atoms with Crippen molar-refractivity contribution in [1.29, 1.82) is 0 Å². The first-order valence-corrected chi connectivity index (χ1v) is 9.48. The van der Waals surface area contributed by atoms with E-state index in [2.05, 4.69) is 10.6 Å². The van der Waals surface area contributed by atoms with Crippen molar-refractivity contribution in [3.8, 4) is 10.4 Å². The van der Waals surface area contributed by atoms with Crippen molar-refractivity contribution in [1.82, 2.24) is 5.32 Å². The van der Waals surface area contributed by atoms with Crippen molar-refractivity contribution in [2.45, 2.75) is 12.8 Å². The lowest BCUT2D eigenvalue weighted by Gasteiger charge is -2.13. The number of rotatable bonds is 6. The van der Waals surface area contributed by atoms with Gasteiger partial charge in [-0.2, -0.15) is 0 Å². The molecular weight excluding hydrogens is 379 g/mol. The topological polar surface area (TPSA) is 78.4 Å². The fourth-order valence-corrected chi connectivity index (χ4v) is 3.67. The summed E-state index contributed by atoms with van der Waals surface area (Å²) in [5.74, 6) is -1.39. The van der Waals surface area contributed by atoms with Crippen molar-refractivity contribution >= 4 is 29.0 Å². The second-order valence-electron chi connectivity index (χ2n) is 6.31. The van der Waals surface area contributed by atoms with Crippen LogP contribution >= 0.6 is 11.3 Å². The molecular formula is C21H19FN2O3S. The molecule has 0 aliphatic heterocycles. The van der Waals surface area contributed by atoms with E-state index < -0.39 is 12.0 Å². The number of hydrogen-bond acceptors (Lipinski definition) is 3. The number of nitrogens with one attached hydrogen (secondary N) is 2. The minimum Gasteiger partial charge on any atom is -0.477 e. The third-order valence-electron chi connectivity index (χ3n) is 4.24. The van der Waals surface area contributed by atoms with E-state index in [1.807, 2.05) is 37.3 Å². The molecule has 3 aromatic rings. The Kier molecular flexibility index (Phi) is 6.06. The maximum absolute atomic E-state index is 13.1. The second-order valence-corrected chi connectivity index (χ2v) is 7.36. The molecule has 0 saturated carbocycles. The zero-order valence-corrected chi connectivity index (χ0v) is 15.9. The average Bonchev–Trinajstić information content (AvgIpc) is 3.11. The van der Waals surface area contributed by atoms with E-state index >= 15 is 0 Å². The van der Waals surface area contributed by atoms with E-state index in [-0.39, 0.29) is 22.3 Å². The minimum absolute atomic E-state index is 0.0191. The number of aromatic carboxylic acids is 1. The normalized spacial score (nSPS) is 11.6. The highest BCUT2D eigenvalue weighted by Crippen LogP contribution is 2.35. The van der Waals surface area contributed by atoms with Crippen LogP contribution in [0.5, 0.6) is 0 Å². The van der Waals surface area contributed by atoms with Crippen LogP contribution in [0.25, 0.3) is 10.4 Å². The van der Waals surface area contributed by atoms with Crippen LogP contribution in [0.15, 0.2) is 60.7 Å². The fraction of sp³-hybridized carbons (Fsp3) is 0.143. The summed E-state index contributed by atoms with van der Waals surface area (Å²) >= 11 is 1.03. The molecule has 0 fully saturated rings. The quantitative estimate of drug-likeness (QED) is 0.535. The third-order valence-corrected chi connectivity index (χ3v) is 5.41. The Morgan fingerprint density at radius 1 is 1.11 bits per heavy atom. The number of carboxylic acid groups (broad SMARTS) is 1. The van der Waals surface area contributed by atoms with E-state index in [4.69, 9.17) is 0 Å². The number of carbonyl (C=O) groups is 2. The summed E-state index contributed by atoms with van der Waals surface area (Å²) in [6.07, 6.45) is 0. The van der Waals surface area contributed by atoms with Crippen LogP contribution < -0.4 is 10.6 Å². The number of halogens is 1. The van der Waals surface area contributed by atoms with Crippen molar-refractivity contribution in [2.24, 2.45) is 0 Å². The first-order chi connectivity index (χ1) is 13.4. The molecule has 0 saturated heterocycles. The van der Waals surface area contributed by atoms with Crippen molar-refractivity contribution in [3.63, 3.8) is 0 Å². The van der Waals surface area contributed by atoms with Gasteiger partial charge in [0.2, 0.25) is 0 Å². The Morgan fingerprint density at radius 2 is 1.79 bits per heavy atom. The summed E-state index contributed by atoms with van der Waals surface area (Å²) in [6.45, 7) is 2.41. The first-order valence-electron chi connectivity index (χ1n) is 8.67. The summed E-state index contributed by atoms with van der Waals surface area (Å²) in [7, 11) is 0. The second kappa shape index (κ2) is 8.67. The van der Waals surface area contributed by atoms with Gasteiger partial charge in [-0.1, -0.05) is 49.4 Å². The maximum Gasteiger partial charge on any atom is 0.348 e. The lowest BCUT2D eigenvalue weighted by atomic mass is 10.0. The largest absolute Gasteiger partial charge is 0.477 e. The number of amides is 2. The third kappa shape index (κ3) is 4.75. The average molecular weight is 398 g/mol. The molecule has 0 aliphatic rings. The Hall–Kier alpha value is -3.19. The highest BCUT2D eigenvalue weighted by Gasteiger charge is 2.18. The van der Waals surface area contributed by atoms with Gasteiger partial charge in [-0.05, 0) is 35.2 Å². The van der Waals surface area contributed by atoms with Gasteiger partial charge in [0.25, 0.3) is 0 Å². The summed E-state index contributed by atoms with van der Waals surface area (Å²) < 4.78 is 13.1. The van der Waals surface area contributed by atoms with E-state index in [9.17, 15) is 19.1 Å². The Balaban J connectivity index is 1.69. The van der Waals surface area contributed by atoms with Gasteiger partial charge in [0.05, 0.1) is 5.69 Å². The van der Waals surface area contributed by atoms with Crippen LogP contribution in [0.2, 0.25) is 0 Å². The highest BCUT2D eigenvalue weighted by atomic mass is 32.1. The van der Waals surface area contributed by atoms with Gasteiger partial charge in [0, 0.05) is 11.4 Å². The molecule has 1 unspecified atom stereocenters. The molecule has 3 N–H and O–H groups in total. The molecule has 1 atom stereocenters.